The summed E-state index contributed by atoms with van der Waals surface area (Å²) in [5.74, 6) is 0.0228. The summed E-state index contributed by atoms with van der Waals surface area (Å²) in [6.07, 6.45) is 0. The van der Waals surface area contributed by atoms with Crippen LogP contribution < -0.4 is 16.4 Å². The van der Waals surface area contributed by atoms with E-state index in [4.69, 9.17) is 22.4 Å². The summed E-state index contributed by atoms with van der Waals surface area (Å²) in [6.45, 7) is 0.0405. The standard InChI is InChI=1S/C24H27ClFN5O3/c1-31(8-9-32)14-23(34)28-13-15-2-5-21(30-24(15)27)19-11-18(4-7-22(19)33)29-20-6-3-17(25)10-16(20)12-26/h2-7,10-11,29,32-33H,8-9,12-14H2,1H3,(H2,27,30)(H,28,34). The number of alkyl halides is 1. The number of carbonyl (C=O) groups is 1. The Kier molecular flexibility index (Phi) is 8.64. The van der Waals surface area contributed by atoms with Crippen LogP contribution in [0.3, 0.4) is 0 Å². The van der Waals surface area contributed by atoms with Gasteiger partial charge in [-0.3, -0.25) is 9.69 Å². The van der Waals surface area contributed by atoms with Crippen molar-refractivity contribution >= 4 is 34.7 Å². The number of rotatable bonds is 10. The van der Waals surface area contributed by atoms with Crippen LogP contribution in [0.1, 0.15) is 11.1 Å². The van der Waals surface area contributed by atoms with E-state index in [-0.39, 0.29) is 37.2 Å². The monoisotopic (exact) mass is 487 g/mol. The smallest absolute Gasteiger partial charge is 0.234 e. The van der Waals surface area contributed by atoms with E-state index in [0.29, 0.717) is 45.3 Å². The van der Waals surface area contributed by atoms with Gasteiger partial charge < -0.3 is 26.6 Å². The summed E-state index contributed by atoms with van der Waals surface area (Å²) >= 11 is 5.94. The number of nitrogen functional groups attached to an aromatic ring is 1. The number of hydrogen-bond donors (Lipinski definition) is 5. The molecular weight excluding hydrogens is 461 g/mol. The molecule has 0 fully saturated rings. The number of phenols is 1. The number of nitrogens with zero attached hydrogens (tertiary/aromatic N) is 2. The fraction of sp³-hybridized carbons (Fsp3) is 0.250. The third kappa shape index (κ3) is 6.57. The van der Waals surface area contributed by atoms with Crippen LogP contribution in [0.25, 0.3) is 11.3 Å². The summed E-state index contributed by atoms with van der Waals surface area (Å²) in [6, 6.07) is 13.2. The van der Waals surface area contributed by atoms with Gasteiger partial charge in [-0.25, -0.2) is 9.37 Å². The van der Waals surface area contributed by atoms with Gasteiger partial charge in [-0.1, -0.05) is 17.7 Å². The molecule has 34 heavy (non-hydrogen) atoms. The van der Waals surface area contributed by atoms with E-state index in [1.54, 1.807) is 54.4 Å². The molecule has 6 N–H and O–H groups in total. The lowest BCUT2D eigenvalue weighted by molar-refractivity contribution is -0.122. The third-order valence-electron chi connectivity index (χ3n) is 5.15. The number of benzene rings is 2. The average molecular weight is 488 g/mol. The van der Waals surface area contributed by atoms with Crippen molar-refractivity contribution in [1.29, 1.82) is 0 Å². The number of aliphatic hydroxyl groups excluding tert-OH is 1. The van der Waals surface area contributed by atoms with E-state index >= 15 is 0 Å². The van der Waals surface area contributed by atoms with E-state index in [1.165, 1.54) is 6.07 Å². The van der Waals surface area contributed by atoms with Gasteiger partial charge in [0.05, 0.1) is 18.8 Å². The summed E-state index contributed by atoms with van der Waals surface area (Å²) < 4.78 is 13.4. The highest BCUT2D eigenvalue weighted by Gasteiger charge is 2.12. The van der Waals surface area contributed by atoms with Crippen LogP contribution in [0.15, 0.2) is 48.5 Å². The van der Waals surface area contributed by atoms with Gasteiger partial charge in [0.25, 0.3) is 0 Å². The highest BCUT2D eigenvalue weighted by atomic mass is 35.5. The van der Waals surface area contributed by atoms with Crippen molar-refractivity contribution in [2.24, 2.45) is 0 Å². The van der Waals surface area contributed by atoms with Gasteiger partial charge in [-0.05, 0) is 49.5 Å². The quantitative estimate of drug-likeness (QED) is 0.277. The number of nitrogens with one attached hydrogen (secondary N) is 2. The van der Waals surface area contributed by atoms with Crippen molar-refractivity contribution in [3.8, 4) is 17.0 Å². The molecule has 0 atom stereocenters. The topological polar surface area (TPSA) is 124 Å². The van der Waals surface area contributed by atoms with Crippen LogP contribution in [0.4, 0.5) is 21.6 Å². The number of hydrogen-bond acceptors (Lipinski definition) is 7. The van der Waals surface area contributed by atoms with Crippen LogP contribution in [-0.2, 0) is 18.0 Å². The number of aromatic nitrogens is 1. The van der Waals surface area contributed by atoms with Crippen molar-refractivity contribution in [3.05, 3.63) is 64.7 Å². The fourth-order valence-electron chi connectivity index (χ4n) is 3.32. The Labute approximate surface area is 202 Å². The van der Waals surface area contributed by atoms with Crippen LogP contribution >= 0.6 is 11.6 Å². The molecule has 180 valence electrons. The Bertz CT molecular complexity index is 1160. The van der Waals surface area contributed by atoms with Crippen LogP contribution in [0.5, 0.6) is 5.75 Å². The predicted octanol–water partition coefficient (Wildman–Crippen LogP) is 3.44. The molecule has 0 saturated heterocycles. The minimum absolute atomic E-state index is 0.00671. The Morgan fingerprint density at radius 1 is 1.18 bits per heavy atom. The molecule has 8 nitrogen and oxygen atoms in total. The second kappa shape index (κ2) is 11.6. The number of pyridine rings is 1. The van der Waals surface area contributed by atoms with Gasteiger partial charge in [0, 0.05) is 46.2 Å². The molecule has 1 heterocycles. The van der Waals surface area contributed by atoms with Crippen LogP contribution in [0, 0.1) is 0 Å². The van der Waals surface area contributed by atoms with Crippen molar-refractivity contribution in [2.75, 3.05) is 37.8 Å². The number of anilines is 3. The molecule has 3 aromatic rings. The Morgan fingerprint density at radius 2 is 1.97 bits per heavy atom. The molecule has 0 unspecified atom stereocenters. The normalized spacial score (nSPS) is 11.0. The molecule has 0 aliphatic rings. The zero-order valence-corrected chi connectivity index (χ0v) is 19.4. The number of aliphatic hydroxyl groups is 1. The number of carbonyl (C=O) groups excluding carboxylic acids is 1. The second-order valence-electron chi connectivity index (χ2n) is 7.77. The Hall–Kier alpha value is -3.40. The van der Waals surface area contributed by atoms with Crippen molar-refractivity contribution < 1.29 is 19.4 Å². The molecule has 10 heteroatoms. The molecule has 0 bridgehead atoms. The average Bonchev–Trinajstić information content (AvgIpc) is 2.80. The molecule has 1 amide bonds. The summed E-state index contributed by atoms with van der Waals surface area (Å²) in [5, 5.41) is 25.7. The molecule has 0 spiro atoms. The van der Waals surface area contributed by atoms with Gasteiger partial charge in [-0.2, -0.15) is 0 Å². The summed E-state index contributed by atoms with van der Waals surface area (Å²) in [5.41, 5.74) is 9.21. The molecule has 2 aromatic carbocycles. The van der Waals surface area contributed by atoms with Crippen molar-refractivity contribution in [1.82, 2.24) is 15.2 Å². The molecular formula is C24H27ClFN5O3. The molecule has 0 aliphatic carbocycles. The molecule has 0 aliphatic heterocycles. The first-order valence-electron chi connectivity index (χ1n) is 10.6. The lowest BCUT2D eigenvalue weighted by Crippen LogP contribution is -2.36. The maximum absolute atomic E-state index is 13.4. The molecule has 0 radical (unpaired) electrons. The number of phenolic OH excluding ortho intramolecular Hbond substituents is 1. The summed E-state index contributed by atoms with van der Waals surface area (Å²) in [4.78, 5) is 18.1. The van der Waals surface area contributed by atoms with Gasteiger partial charge in [0.2, 0.25) is 5.91 Å². The van der Waals surface area contributed by atoms with E-state index in [9.17, 15) is 14.3 Å². The van der Waals surface area contributed by atoms with E-state index < -0.39 is 6.67 Å². The Balaban J connectivity index is 1.75. The zero-order valence-electron chi connectivity index (χ0n) is 18.7. The van der Waals surface area contributed by atoms with Gasteiger partial charge >= 0.3 is 0 Å². The lowest BCUT2D eigenvalue weighted by Gasteiger charge is -2.15. The van der Waals surface area contributed by atoms with Crippen molar-refractivity contribution in [3.63, 3.8) is 0 Å². The van der Waals surface area contributed by atoms with Crippen LogP contribution in [-0.4, -0.2) is 52.7 Å². The fourth-order valence-corrected chi connectivity index (χ4v) is 3.51. The molecule has 3 rings (SSSR count). The minimum Gasteiger partial charge on any atom is -0.507 e. The summed E-state index contributed by atoms with van der Waals surface area (Å²) in [7, 11) is 1.74. The first-order valence-corrected chi connectivity index (χ1v) is 10.9. The number of likely N-dealkylation sites (N-methyl/N-ethyl adjacent to an activating group) is 1. The SMILES string of the molecule is CN(CCO)CC(=O)NCc1ccc(-c2cc(Nc3ccc(Cl)cc3CF)ccc2O)nc1N. The first kappa shape index (κ1) is 25.2. The largest absolute Gasteiger partial charge is 0.507 e. The maximum Gasteiger partial charge on any atom is 0.234 e. The van der Waals surface area contributed by atoms with Crippen LogP contribution in [0.2, 0.25) is 5.02 Å². The second-order valence-corrected chi connectivity index (χ2v) is 8.21. The number of halogens is 2. The number of nitrogens with two attached hydrogens (primary N) is 1. The minimum atomic E-state index is -0.679. The van der Waals surface area contributed by atoms with Gasteiger partial charge in [-0.15, -0.1) is 0 Å². The highest BCUT2D eigenvalue weighted by molar-refractivity contribution is 6.30. The maximum atomic E-state index is 13.4. The van der Waals surface area contributed by atoms with E-state index in [2.05, 4.69) is 15.6 Å². The highest BCUT2D eigenvalue weighted by Crippen LogP contribution is 2.33. The first-order chi connectivity index (χ1) is 16.3. The zero-order chi connectivity index (χ0) is 24.7. The van der Waals surface area contributed by atoms with E-state index in [0.717, 1.165) is 0 Å². The lowest BCUT2D eigenvalue weighted by atomic mass is 10.1. The molecule has 1 aromatic heterocycles. The molecule has 0 saturated carbocycles. The predicted molar refractivity (Wildman–Crippen MR) is 132 cm³/mol. The van der Waals surface area contributed by atoms with E-state index in [1.807, 2.05) is 0 Å². The Morgan fingerprint density at radius 3 is 2.68 bits per heavy atom. The third-order valence-corrected chi connectivity index (χ3v) is 5.38. The number of amides is 1. The number of aromatic hydroxyl groups is 1. The van der Waals surface area contributed by atoms with Gasteiger partial charge in [0.15, 0.2) is 0 Å². The van der Waals surface area contributed by atoms with Gasteiger partial charge in [0.1, 0.15) is 18.2 Å². The van der Waals surface area contributed by atoms with Crippen molar-refractivity contribution in [2.45, 2.75) is 13.2 Å².